The first-order valence-corrected chi connectivity index (χ1v) is 11.4. The molecule has 1 aliphatic rings. The van der Waals surface area contributed by atoms with Crippen molar-refractivity contribution in [2.24, 2.45) is 11.8 Å². The molecule has 1 N–H and O–H groups in total. The quantitative estimate of drug-likeness (QED) is 0.373. The first-order chi connectivity index (χ1) is 14.2. The van der Waals surface area contributed by atoms with Crippen LogP contribution in [0.5, 0.6) is 0 Å². The maximum Gasteiger partial charge on any atom is 0.320 e. The van der Waals surface area contributed by atoms with Crippen LogP contribution in [0, 0.1) is 18.8 Å². The van der Waals surface area contributed by atoms with Crippen molar-refractivity contribution in [2.75, 3.05) is 26.3 Å². The molecule has 2 atom stereocenters. The summed E-state index contributed by atoms with van der Waals surface area (Å²) in [6.45, 7) is 5.27. The van der Waals surface area contributed by atoms with Crippen LogP contribution < -0.4 is 0 Å². The summed E-state index contributed by atoms with van der Waals surface area (Å²) in [6, 6.07) is 6.48. The van der Waals surface area contributed by atoms with Crippen LogP contribution in [0.25, 0.3) is 0 Å². The number of β-amino-alcohol motifs (C(OH)–C–C–N with tert-alkyl or cyclic N) is 1. The summed E-state index contributed by atoms with van der Waals surface area (Å²) < 4.78 is 37.0. The van der Waals surface area contributed by atoms with E-state index in [2.05, 4.69) is 0 Å². The standard InChI is InChI=1S/C21H29NO7S/c1-4-28-20(24)18(21(25)29-5-2)13-16-7-6-12-22(14-19(16)23)30(26,27)17-10-8-15(3)9-11-17/h6-11,16,18-19,23H,4-5,12-14H2,1-3H3/t16-,19-/m0/s1. The second kappa shape index (κ2) is 10.7. The number of benzene rings is 1. The summed E-state index contributed by atoms with van der Waals surface area (Å²) >= 11 is 0. The van der Waals surface area contributed by atoms with Gasteiger partial charge in [-0.2, -0.15) is 4.31 Å². The molecule has 0 spiro atoms. The van der Waals surface area contributed by atoms with Gasteiger partial charge in [0.1, 0.15) is 0 Å². The second-order valence-electron chi connectivity index (χ2n) is 7.09. The molecule has 1 aromatic rings. The van der Waals surface area contributed by atoms with E-state index in [9.17, 15) is 23.1 Å². The van der Waals surface area contributed by atoms with Crippen LogP contribution in [0.3, 0.4) is 0 Å². The third-order valence-corrected chi connectivity index (χ3v) is 6.73. The topological polar surface area (TPSA) is 110 Å². The van der Waals surface area contributed by atoms with Gasteiger partial charge in [-0.25, -0.2) is 8.42 Å². The van der Waals surface area contributed by atoms with E-state index in [1.54, 1.807) is 38.1 Å². The van der Waals surface area contributed by atoms with Crippen molar-refractivity contribution in [3.63, 3.8) is 0 Å². The molecule has 0 amide bonds. The molecule has 0 saturated heterocycles. The van der Waals surface area contributed by atoms with Crippen molar-refractivity contribution in [1.29, 1.82) is 0 Å². The van der Waals surface area contributed by atoms with Gasteiger partial charge in [-0.15, -0.1) is 0 Å². The molecular weight excluding hydrogens is 410 g/mol. The Morgan fingerprint density at radius 2 is 1.70 bits per heavy atom. The van der Waals surface area contributed by atoms with E-state index in [0.717, 1.165) is 5.56 Å². The third-order valence-electron chi connectivity index (χ3n) is 4.89. The lowest BCUT2D eigenvalue weighted by molar-refractivity contribution is -0.162. The summed E-state index contributed by atoms with van der Waals surface area (Å²) in [5, 5.41) is 10.7. The molecule has 9 heteroatoms. The molecule has 1 heterocycles. The third kappa shape index (κ3) is 5.90. The molecule has 0 radical (unpaired) electrons. The summed E-state index contributed by atoms with van der Waals surface area (Å²) in [6.07, 6.45) is 2.13. The van der Waals surface area contributed by atoms with Crippen molar-refractivity contribution in [3.05, 3.63) is 42.0 Å². The van der Waals surface area contributed by atoms with E-state index in [4.69, 9.17) is 9.47 Å². The lowest BCUT2D eigenvalue weighted by Gasteiger charge is -2.26. The number of rotatable bonds is 8. The lowest BCUT2D eigenvalue weighted by Crippen LogP contribution is -2.40. The molecule has 166 valence electrons. The summed E-state index contributed by atoms with van der Waals surface area (Å²) in [5.41, 5.74) is 0.939. The van der Waals surface area contributed by atoms with Gasteiger partial charge < -0.3 is 14.6 Å². The second-order valence-corrected chi connectivity index (χ2v) is 9.02. The minimum absolute atomic E-state index is 0.0340. The Morgan fingerprint density at radius 3 is 2.23 bits per heavy atom. The van der Waals surface area contributed by atoms with E-state index < -0.39 is 39.9 Å². The van der Waals surface area contributed by atoms with Crippen LogP contribution in [0.15, 0.2) is 41.3 Å². The minimum Gasteiger partial charge on any atom is -0.465 e. The summed E-state index contributed by atoms with van der Waals surface area (Å²) in [5.74, 6) is -3.23. The number of nitrogens with zero attached hydrogens (tertiary/aromatic N) is 1. The van der Waals surface area contributed by atoms with Crippen molar-refractivity contribution in [3.8, 4) is 0 Å². The molecule has 0 saturated carbocycles. The van der Waals surface area contributed by atoms with Gasteiger partial charge in [-0.3, -0.25) is 9.59 Å². The predicted molar refractivity (Wildman–Crippen MR) is 110 cm³/mol. The normalized spacial score (nSPS) is 20.0. The zero-order valence-electron chi connectivity index (χ0n) is 17.5. The van der Waals surface area contributed by atoms with Crippen molar-refractivity contribution < 1.29 is 32.6 Å². The van der Waals surface area contributed by atoms with Crippen LogP contribution in [0.2, 0.25) is 0 Å². The molecule has 0 unspecified atom stereocenters. The van der Waals surface area contributed by atoms with Crippen LogP contribution in [-0.2, 0) is 29.1 Å². The molecule has 2 rings (SSSR count). The van der Waals surface area contributed by atoms with Gasteiger partial charge in [-0.05, 0) is 39.3 Å². The molecule has 0 aliphatic carbocycles. The molecule has 1 aliphatic heterocycles. The fourth-order valence-electron chi connectivity index (χ4n) is 3.24. The number of aliphatic hydroxyl groups excluding tert-OH is 1. The Kier molecular flexibility index (Phi) is 8.57. The Bertz CT molecular complexity index is 846. The van der Waals surface area contributed by atoms with Gasteiger partial charge in [-0.1, -0.05) is 29.8 Å². The van der Waals surface area contributed by atoms with Gasteiger partial charge >= 0.3 is 11.9 Å². The number of hydrogen-bond donors (Lipinski definition) is 1. The number of aliphatic hydroxyl groups is 1. The average molecular weight is 440 g/mol. The van der Waals surface area contributed by atoms with Gasteiger partial charge in [0.15, 0.2) is 5.92 Å². The first-order valence-electron chi connectivity index (χ1n) is 9.95. The van der Waals surface area contributed by atoms with Crippen molar-refractivity contribution >= 4 is 22.0 Å². The first kappa shape index (κ1) is 24.0. The van der Waals surface area contributed by atoms with Gasteiger partial charge in [0.25, 0.3) is 0 Å². The molecule has 8 nitrogen and oxygen atoms in total. The number of carbonyl (C=O) groups excluding carboxylic acids is 2. The van der Waals surface area contributed by atoms with E-state index in [0.29, 0.717) is 0 Å². The largest absolute Gasteiger partial charge is 0.465 e. The van der Waals surface area contributed by atoms with Gasteiger partial charge in [0.05, 0.1) is 24.2 Å². The summed E-state index contributed by atoms with van der Waals surface area (Å²) in [7, 11) is -3.80. The molecule has 30 heavy (non-hydrogen) atoms. The smallest absolute Gasteiger partial charge is 0.320 e. The molecule has 0 aromatic heterocycles. The molecule has 0 fully saturated rings. The van der Waals surface area contributed by atoms with Crippen LogP contribution in [0.1, 0.15) is 25.8 Å². The van der Waals surface area contributed by atoms with Crippen molar-refractivity contribution in [2.45, 2.75) is 38.2 Å². The Hall–Kier alpha value is -2.23. The molecular formula is C21H29NO7S. The van der Waals surface area contributed by atoms with E-state index in [1.807, 2.05) is 6.92 Å². The van der Waals surface area contributed by atoms with E-state index in [1.165, 1.54) is 16.4 Å². The number of aryl methyl sites for hydroxylation is 1. The van der Waals surface area contributed by atoms with Crippen LogP contribution in [0.4, 0.5) is 0 Å². The predicted octanol–water partition coefficient (Wildman–Crippen LogP) is 1.67. The number of sulfonamides is 1. The monoisotopic (exact) mass is 439 g/mol. The zero-order chi connectivity index (χ0) is 22.3. The van der Waals surface area contributed by atoms with Crippen LogP contribution in [-0.4, -0.2) is 62.2 Å². The Balaban J connectivity index is 2.17. The minimum atomic E-state index is -3.80. The van der Waals surface area contributed by atoms with Crippen molar-refractivity contribution in [1.82, 2.24) is 4.31 Å². The highest BCUT2D eigenvalue weighted by molar-refractivity contribution is 7.89. The van der Waals surface area contributed by atoms with Gasteiger partial charge in [0, 0.05) is 19.0 Å². The number of esters is 2. The highest BCUT2D eigenvalue weighted by atomic mass is 32.2. The maximum absolute atomic E-state index is 12.9. The highest BCUT2D eigenvalue weighted by Crippen LogP contribution is 2.26. The lowest BCUT2D eigenvalue weighted by atomic mass is 9.90. The van der Waals surface area contributed by atoms with Crippen LogP contribution >= 0.6 is 0 Å². The number of ether oxygens (including phenoxy) is 2. The maximum atomic E-state index is 12.9. The average Bonchev–Trinajstić information content (AvgIpc) is 2.88. The molecule has 1 aromatic carbocycles. The fraction of sp³-hybridized carbons (Fsp3) is 0.524. The zero-order valence-corrected chi connectivity index (χ0v) is 18.3. The molecule has 0 bridgehead atoms. The Morgan fingerprint density at radius 1 is 1.13 bits per heavy atom. The fourth-order valence-corrected chi connectivity index (χ4v) is 4.65. The summed E-state index contributed by atoms with van der Waals surface area (Å²) in [4.78, 5) is 24.6. The van der Waals surface area contributed by atoms with Gasteiger partial charge in [0.2, 0.25) is 10.0 Å². The Labute approximate surface area is 177 Å². The van der Waals surface area contributed by atoms with E-state index in [-0.39, 0.29) is 37.6 Å². The number of carbonyl (C=O) groups is 2. The highest BCUT2D eigenvalue weighted by Gasteiger charge is 2.36. The SMILES string of the molecule is CCOC(=O)C(C[C@@H]1C=CCN(S(=O)(=O)c2ccc(C)cc2)C[C@@H]1O)C(=O)OCC. The number of hydrogen-bond acceptors (Lipinski definition) is 7. The van der Waals surface area contributed by atoms with E-state index >= 15 is 0 Å².